The molecule has 0 amide bonds. The summed E-state index contributed by atoms with van der Waals surface area (Å²) in [5.41, 5.74) is 1.89. The van der Waals surface area contributed by atoms with E-state index < -0.39 is 0 Å². The molecular formula is C13H15ClN4S. The van der Waals surface area contributed by atoms with Crippen molar-refractivity contribution in [2.24, 2.45) is 0 Å². The first-order valence-electron chi connectivity index (χ1n) is 5.99. The van der Waals surface area contributed by atoms with E-state index in [0.717, 1.165) is 22.8 Å². The minimum atomic E-state index is 0.597. The van der Waals surface area contributed by atoms with Gasteiger partial charge in [-0.2, -0.15) is 5.10 Å². The number of benzene rings is 1. The zero-order chi connectivity index (χ0) is 13.7. The van der Waals surface area contributed by atoms with Gasteiger partial charge in [-0.15, -0.1) is 0 Å². The Balaban J connectivity index is 2.02. The van der Waals surface area contributed by atoms with Gasteiger partial charge < -0.3 is 10.6 Å². The molecule has 2 N–H and O–H groups in total. The summed E-state index contributed by atoms with van der Waals surface area (Å²) in [6.45, 7) is 3.42. The molecule has 2 rings (SSSR count). The van der Waals surface area contributed by atoms with E-state index in [1.807, 2.05) is 42.1 Å². The van der Waals surface area contributed by atoms with E-state index in [1.165, 1.54) is 0 Å². The highest BCUT2D eigenvalue weighted by molar-refractivity contribution is 7.80. The SMILES string of the molecule is CCNC(=S)Nc1cnn(Cc2ccccc2Cl)c1. The van der Waals surface area contributed by atoms with E-state index in [0.29, 0.717) is 11.7 Å². The molecule has 6 heteroatoms. The zero-order valence-corrected chi connectivity index (χ0v) is 12.1. The molecule has 0 atom stereocenters. The lowest BCUT2D eigenvalue weighted by Crippen LogP contribution is -2.27. The van der Waals surface area contributed by atoms with Crippen molar-refractivity contribution in [2.75, 3.05) is 11.9 Å². The lowest BCUT2D eigenvalue weighted by Gasteiger charge is -2.06. The molecule has 0 aliphatic carbocycles. The summed E-state index contributed by atoms with van der Waals surface area (Å²) < 4.78 is 1.82. The summed E-state index contributed by atoms with van der Waals surface area (Å²) in [5, 5.41) is 11.7. The summed E-state index contributed by atoms with van der Waals surface area (Å²) >= 11 is 11.2. The standard InChI is InChI=1S/C13H15ClN4S/c1-2-15-13(19)17-11-7-16-18(9-11)8-10-5-3-4-6-12(10)14/h3-7,9H,2,8H2,1H3,(H2,15,17,19). The number of thiocarbonyl (C=S) groups is 1. The summed E-state index contributed by atoms with van der Waals surface area (Å²) in [6.07, 6.45) is 3.63. The minimum Gasteiger partial charge on any atom is -0.363 e. The van der Waals surface area contributed by atoms with E-state index in [4.69, 9.17) is 23.8 Å². The van der Waals surface area contributed by atoms with Crippen LogP contribution >= 0.6 is 23.8 Å². The number of hydrogen-bond donors (Lipinski definition) is 2. The Morgan fingerprint density at radius 1 is 1.42 bits per heavy atom. The van der Waals surface area contributed by atoms with Gasteiger partial charge in [0.1, 0.15) is 0 Å². The largest absolute Gasteiger partial charge is 0.363 e. The molecule has 100 valence electrons. The predicted octanol–water partition coefficient (Wildman–Crippen LogP) is 2.89. The topological polar surface area (TPSA) is 41.9 Å². The Hall–Kier alpha value is -1.59. The number of nitrogens with one attached hydrogen (secondary N) is 2. The Kier molecular flexibility index (Phi) is 4.76. The lowest BCUT2D eigenvalue weighted by atomic mass is 10.2. The molecule has 0 saturated carbocycles. The smallest absolute Gasteiger partial charge is 0.170 e. The number of halogens is 1. The van der Waals surface area contributed by atoms with Gasteiger partial charge >= 0.3 is 0 Å². The van der Waals surface area contributed by atoms with Crippen molar-refractivity contribution in [1.82, 2.24) is 15.1 Å². The summed E-state index contributed by atoms with van der Waals surface area (Å²) in [5.74, 6) is 0. The van der Waals surface area contributed by atoms with Gasteiger partial charge in [-0.05, 0) is 30.8 Å². The molecule has 0 aliphatic heterocycles. The first kappa shape index (κ1) is 13.8. The Morgan fingerprint density at radius 2 is 2.21 bits per heavy atom. The van der Waals surface area contributed by atoms with Gasteiger partial charge in [0.2, 0.25) is 0 Å². The van der Waals surface area contributed by atoms with Crippen molar-refractivity contribution in [2.45, 2.75) is 13.5 Å². The maximum Gasteiger partial charge on any atom is 0.170 e. The maximum atomic E-state index is 6.12. The van der Waals surface area contributed by atoms with Crippen LogP contribution in [0.5, 0.6) is 0 Å². The van der Waals surface area contributed by atoms with Crippen LogP contribution in [0.1, 0.15) is 12.5 Å². The molecule has 4 nitrogen and oxygen atoms in total. The van der Waals surface area contributed by atoms with Crippen molar-refractivity contribution >= 4 is 34.6 Å². The molecule has 19 heavy (non-hydrogen) atoms. The third kappa shape index (κ3) is 3.94. The molecular weight excluding hydrogens is 280 g/mol. The summed E-state index contributed by atoms with van der Waals surface area (Å²) in [6, 6.07) is 7.74. The van der Waals surface area contributed by atoms with E-state index in [9.17, 15) is 0 Å². The average molecular weight is 295 g/mol. The highest BCUT2D eigenvalue weighted by Gasteiger charge is 2.03. The van der Waals surface area contributed by atoms with Crippen LogP contribution < -0.4 is 10.6 Å². The van der Waals surface area contributed by atoms with Crippen LogP contribution in [0.3, 0.4) is 0 Å². The first-order chi connectivity index (χ1) is 9.19. The number of hydrogen-bond acceptors (Lipinski definition) is 2. The van der Waals surface area contributed by atoms with Gasteiger partial charge in [-0.1, -0.05) is 29.8 Å². The van der Waals surface area contributed by atoms with Crippen LogP contribution in [0, 0.1) is 0 Å². The number of rotatable bonds is 4. The normalized spacial score (nSPS) is 10.2. The molecule has 1 aromatic carbocycles. The van der Waals surface area contributed by atoms with E-state index in [2.05, 4.69) is 15.7 Å². The minimum absolute atomic E-state index is 0.597. The Labute approximate surface area is 122 Å². The average Bonchev–Trinajstić information content (AvgIpc) is 2.80. The molecule has 0 bridgehead atoms. The monoisotopic (exact) mass is 294 g/mol. The summed E-state index contributed by atoms with van der Waals surface area (Å²) in [4.78, 5) is 0. The second-order valence-corrected chi connectivity index (χ2v) is 4.82. The molecule has 0 fully saturated rings. The lowest BCUT2D eigenvalue weighted by molar-refractivity contribution is 0.687. The molecule has 0 unspecified atom stereocenters. The molecule has 2 aromatic rings. The van der Waals surface area contributed by atoms with Crippen LogP contribution in [0.25, 0.3) is 0 Å². The fourth-order valence-electron chi connectivity index (χ4n) is 1.65. The number of aromatic nitrogens is 2. The molecule has 0 spiro atoms. The second-order valence-electron chi connectivity index (χ2n) is 4.00. The third-order valence-corrected chi connectivity index (χ3v) is 3.13. The van der Waals surface area contributed by atoms with E-state index in [-0.39, 0.29) is 0 Å². The van der Waals surface area contributed by atoms with Crippen molar-refractivity contribution in [3.8, 4) is 0 Å². The highest BCUT2D eigenvalue weighted by Crippen LogP contribution is 2.16. The molecule has 0 aliphatic rings. The fraction of sp³-hybridized carbons (Fsp3) is 0.231. The van der Waals surface area contributed by atoms with E-state index in [1.54, 1.807) is 6.20 Å². The van der Waals surface area contributed by atoms with Gasteiger partial charge in [0.25, 0.3) is 0 Å². The first-order valence-corrected chi connectivity index (χ1v) is 6.78. The van der Waals surface area contributed by atoms with Crippen molar-refractivity contribution in [1.29, 1.82) is 0 Å². The van der Waals surface area contributed by atoms with Gasteiger partial charge in [0.15, 0.2) is 5.11 Å². The van der Waals surface area contributed by atoms with Gasteiger partial charge in [-0.25, -0.2) is 0 Å². The molecule has 1 aromatic heterocycles. The van der Waals surface area contributed by atoms with Crippen molar-refractivity contribution < 1.29 is 0 Å². The molecule has 1 heterocycles. The molecule has 0 saturated heterocycles. The third-order valence-electron chi connectivity index (χ3n) is 2.52. The Bertz CT molecular complexity index is 567. The van der Waals surface area contributed by atoms with Crippen LogP contribution in [0.4, 0.5) is 5.69 Å². The van der Waals surface area contributed by atoms with Crippen molar-refractivity contribution in [3.05, 3.63) is 47.2 Å². The van der Waals surface area contributed by atoms with Gasteiger partial charge in [0.05, 0.1) is 18.4 Å². The van der Waals surface area contributed by atoms with Crippen molar-refractivity contribution in [3.63, 3.8) is 0 Å². The second kappa shape index (κ2) is 6.54. The highest BCUT2D eigenvalue weighted by atomic mass is 35.5. The van der Waals surface area contributed by atoms with Crippen LogP contribution in [-0.2, 0) is 6.54 Å². The maximum absolute atomic E-state index is 6.12. The summed E-state index contributed by atoms with van der Waals surface area (Å²) in [7, 11) is 0. The number of nitrogens with zero attached hydrogens (tertiary/aromatic N) is 2. The number of anilines is 1. The van der Waals surface area contributed by atoms with Gasteiger partial charge in [-0.3, -0.25) is 4.68 Å². The quantitative estimate of drug-likeness (QED) is 0.851. The van der Waals surface area contributed by atoms with Gasteiger partial charge in [0, 0.05) is 17.8 Å². The molecule has 0 radical (unpaired) electrons. The van der Waals surface area contributed by atoms with E-state index >= 15 is 0 Å². The van der Waals surface area contributed by atoms with Crippen LogP contribution in [0.2, 0.25) is 5.02 Å². The zero-order valence-electron chi connectivity index (χ0n) is 10.6. The predicted molar refractivity (Wildman–Crippen MR) is 82.7 cm³/mol. The fourth-order valence-corrected chi connectivity index (χ4v) is 2.11. The Morgan fingerprint density at radius 3 is 2.95 bits per heavy atom. The van der Waals surface area contributed by atoms with Crippen LogP contribution in [-0.4, -0.2) is 21.4 Å². The van der Waals surface area contributed by atoms with Crippen LogP contribution in [0.15, 0.2) is 36.7 Å².